The van der Waals surface area contributed by atoms with Gasteiger partial charge in [0.1, 0.15) is 0 Å². The SMILES string of the molecule is CCCC[N+](CC)(CCCC)CCCC.O=[P+](O)C(O)c1ccccc1. The molecule has 0 bridgehead atoms. The van der Waals surface area contributed by atoms with E-state index in [2.05, 4.69) is 27.7 Å². The maximum Gasteiger partial charge on any atom is 0.542 e. The summed E-state index contributed by atoms with van der Waals surface area (Å²) in [7, 11) is -2.53. The topological polar surface area (TPSA) is 57.5 Å². The van der Waals surface area contributed by atoms with Gasteiger partial charge in [0, 0.05) is 5.56 Å². The maximum atomic E-state index is 10.4. The van der Waals surface area contributed by atoms with Crippen molar-refractivity contribution < 1.29 is 19.0 Å². The Kier molecular flexibility index (Phi) is 14.8. The van der Waals surface area contributed by atoms with Crippen LogP contribution >= 0.6 is 8.03 Å². The molecule has 1 aromatic carbocycles. The van der Waals surface area contributed by atoms with Gasteiger partial charge in [0.15, 0.2) is 0 Å². The molecule has 2 unspecified atom stereocenters. The Balaban J connectivity index is 0.000000502. The minimum atomic E-state index is -2.53. The van der Waals surface area contributed by atoms with Crippen molar-refractivity contribution in [1.82, 2.24) is 0 Å². The second kappa shape index (κ2) is 15.3. The lowest BCUT2D eigenvalue weighted by Gasteiger charge is -2.38. The highest BCUT2D eigenvalue weighted by molar-refractivity contribution is 7.38. The summed E-state index contributed by atoms with van der Waals surface area (Å²) in [5.41, 5.74) is 0.469. The lowest BCUT2D eigenvalue weighted by molar-refractivity contribution is -0.927. The maximum absolute atomic E-state index is 10.4. The Hall–Kier alpha value is -0.800. The van der Waals surface area contributed by atoms with Crippen molar-refractivity contribution in [2.45, 2.75) is 72.1 Å². The number of rotatable bonds is 12. The number of benzene rings is 1. The molecule has 150 valence electrons. The molecule has 1 rings (SSSR count). The van der Waals surface area contributed by atoms with Gasteiger partial charge in [0.25, 0.3) is 0 Å². The van der Waals surface area contributed by atoms with Gasteiger partial charge in [-0.05, 0) is 30.8 Å². The summed E-state index contributed by atoms with van der Waals surface area (Å²) in [6.07, 6.45) is 8.25. The Morgan fingerprint density at radius 1 is 0.885 bits per heavy atom. The zero-order valence-electron chi connectivity index (χ0n) is 17.2. The van der Waals surface area contributed by atoms with E-state index in [4.69, 9.17) is 10.00 Å². The number of aliphatic hydroxyl groups excluding tert-OH is 1. The van der Waals surface area contributed by atoms with Gasteiger partial charge in [0.2, 0.25) is 0 Å². The Labute approximate surface area is 161 Å². The molecule has 0 spiro atoms. The van der Waals surface area contributed by atoms with Gasteiger partial charge in [0.05, 0.1) is 26.2 Å². The van der Waals surface area contributed by atoms with Crippen molar-refractivity contribution >= 4 is 8.03 Å². The van der Waals surface area contributed by atoms with Crippen molar-refractivity contribution in [1.29, 1.82) is 0 Å². The second-order valence-corrected chi connectivity index (χ2v) is 8.07. The van der Waals surface area contributed by atoms with E-state index in [1.54, 1.807) is 30.3 Å². The standard InChI is InChI=1S/C14H32N.C7H7O3P/c1-5-9-12-15(8-4,13-10-6-2)14-11-7-3;8-7(11(9)10)6-4-2-1-3-5-6/h5-14H2,1-4H3;1-5,7-8H/q+1;/p+1. The molecular formula is C21H40NO3P+2. The van der Waals surface area contributed by atoms with Gasteiger partial charge < -0.3 is 9.59 Å². The monoisotopic (exact) mass is 385 g/mol. The first kappa shape index (κ1) is 25.2. The van der Waals surface area contributed by atoms with Crippen molar-refractivity contribution in [3.63, 3.8) is 0 Å². The largest absolute Gasteiger partial charge is 0.542 e. The van der Waals surface area contributed by atoms with Crippen molar-refractivity contribution in [2.24, 2.45) is 0 Å². The Morgan fingerprint density at radius 3 is 1.62 bits per heavy atom. The fourth-order valence-electron chi connectivity index (χ4n) is 3.04. The third-order valence-electron chi connectivity index (χ3n) is 4.94. The number of unbranched alkanes of at least 4 members (excludes halogenated alkanes) is 3. The van der Waals surface area contributed by atoms with Crippen LogP contribution in [-0.2, 0) is 4.57 Å². The summed E-state index contributed by atoms with van der Waals surface area (Å²) >= 11 is 0. The molecule has 0 aromatic heterocycles. The minimum Gasteiger partial charge on any atom is -0.345 e. The average molecular weight is 386 g/mol. The highest BCUT2D eigenvalue weighted by atomic mass is 31.1. The van der Waals surface area contributed by atoms with Crippen molar-refractivity contribution in [2.75, 3.05) is 26.2 Å². The first-order valence-corrected chi connectivity index (χ1v) is 11.5. The van der Waals surface area contributed by atoms with Crippen LogP contribution in [0.5, 0.6) is 0 Å². The second-order valence-electron chi connectivity index (χ2n) is 6.98. The van der Waals surface area contributed by atoms with Crippen LogP contribution in [0.4, 0.5) is 0 Å². The normalized spacial score (nSPS) is 12.9. The summed E-state index contributed by atoms with van der Waals surface area (Å²) in [4.78, 5) is 8.53. The van der Waals surface area contributed by atoms with Crippen molar-refractivity contribution in [3.8, 4) is 0 Å². The summed E-state index contributed by atoms with van der Waals surface area (Å²) in [5.74, 6) is -1.26. The summed E-state index contributed by atoms with van der Waals surface area (Å²) < 4.78 is 11.8. The van der Waals surface area contributed by atoms with Crippen LogP contribution in [-0.4, -0.2) is 40.7 Å². The molecule has 1 aromatic rings. The van der Waals surface area contributed by atoms with Crippen LogP contribution < -0.4 is 0 Å². The molecule has 4 nitrogen and oxygen atoms in total. The number of hydrogen-bond donors (Lipinski definition) is 2. The van der Waals surface area contributed by atoms with Gasteiger partial charge in [-0.3, -0.25) is 0 Å². The minimum absolute atomic E-state index is 0.469. The number of aliphatic hydroxyl groups is 1. The molecule has 0 heterocycles. The van der Waals surface area contributed by atoms with Gasteiger partial charge in [-0.15, -0.1) is 0 Å². The zero-order valence-corrected chi connectivity index (χ0v) is 18.1. The first-order chi connectivity index (χ1) is 12.5. The fraction of sp³-hybridized carbons (Fsp3) is 0.714. The van der Waals surface area contributed by atoms with Crippen LogP contribution in [0.3, 0.4) is 0 Å². The van der Waals surface area contributed by atoms with E-state index in [-0.39, 0.29) is 0 Å². The van der Waals surface area contributed by atoms with Crippen LogP contribution in [0.25, 0.3) is 0 Å². The highest BCUT2D eigenvalue weighted by Crippen LogP contribution is 2.34. The van der Waals surface area contributed by atoms with Gasteiger partial charge in [-0.1, -0.05) is 70.4 Å². The quantitative estimate of drug-likeness (QED) is 0.362. The van der Waals surface area contributed by atoms with Crippen LogP contribution in [0.15, 0.2) is 30.3 Å². The van der Waals surface area contributed by atoms with E-state index in [1.165, 1.54) is 69.2 Å². The number of hydrogen-bond acceptors (Lipinski definition) is 2. The molecular weight excluding hydrogens is 345 g/mol. The van der Waals surface area contributed by atoms with Gasteiger partial charge >= 0.3 is 13.9 Å². The molecule has 0 aliphatic heterocycles. The van der Waals surface area contributed by atoms with E-state index in [0.717, 1.165) is 0 Å². The zero-order chi connectivity index (χ0) is 19.8. The molecule has 0 saturated carbocycles. The third-order valence-corrected chi connectivity index (χ3v) is 5.65. The third kappa shape index (κ3) is 10.4. The molecule has 0 aliphatic rings. The molecule has 26 heavy (non-hydrogen) atoms. The smallest absolute Gasteiger partial charge is 0.345 e. The molecule has 0 radical (unpaired) electrons. The first-order valence-electron chi connectivity index (χ1n) is 10.2. The lowest BCUT2D eigenvalue weighted by Crippen LogP contribution is -2.49. The predicted molar refractivity (Wildman–Crippen MR) is 111 cm³/mol. The van der Waals surface area contributed by atoms with E-state index < -0.39 is 13.9 Å². The van der Waals surface area contributed by atoms with Gasteiger partial charge in [-0.2, -0.15) is 4.89 Å². The van der Waals surface area contributed by atoms with Crippen LogP contribution in [0.1, 0.15) is 77.6 Å². The average Bonchev–Trinajstić information content (AvgIpc) is 2.68. The van der Waals surface area contributed by atoms with E-state index in [9.17, 15) is 4.57 Å². The molecule has 0 saturated heterocycles. The van der Waals surface area contributed by atoms with E-state index in [0.29, 0.717) is 5.56 Å². The summed E-state index contributed by atoms with van der Waals surface area (Å²) in [6, 6.07) is 8.40. The van der Waals surface area contributed by atoms with Crippen molar-refractivity contribution in [3.05, 3.63) is 35.9 Å². The fourth-order valence-corrected chi connectivity index (χ4v) is 3.47. The number of quaternary nitrogens is 1. The molecule has 2 atom stereocenters. The van der Waals surface area contributed by atoms with Crippen LogP contribution in [0, 0.1) is 0 Å². The van der Waals surface area contributed by atoms with Crippen LogP contribution in [0.2, 0.25) is 0 Å². The predicted octanol–water partition coefficient (Wildman–Crippen LogP) is 5.64. The summed E-state index contributed by atoms with van der Waals surface area (Å²) in [6.45, 7) is 14.9. The molecule has 0 aliphatic carbocycles. The Morgan fingerprint density at radius 2 is 1.31 bits per heavy atom. The summed E-state index contributed by atoms with van der Waals surface area (Å²) in [5, 5.41) is 9.06. The molecule has 0 fully saturated rings. The van der Waals surface area contributed by atoms with Gasteiger partial charge in [-0.25, -0.2) is 0 Å². The lowest BCUT2D eigenvalue weighted by atomic mass is 10.1. The molecule has 5 heteroatoms. The highest BCUT2D eigenvalue weighted by Gasteiger charge is 2.27. The van der Waals surface area contributed by atoms with E-state index >= 15 is 0 Å². The number of nitrogens with zero attached hydrogens (tertiary/aromatic N) is 1. The Bertz CT molecular complexity index is 446. The molecule has 0 amide bonds. The molecule has 2 N–H and O–H groups in total. The van der Waals surface area contributed by atoms with E-state index in [1.807, 2.05) is 0 Å².